The molecule has 15 heavy (non-hydrogen) atoms. The van der Waals surface area contributed by atoms with E-state index in [1.165, 1.54) is 25.7 Å². The summed E-state index contributed by atoms with van der Waals surface area (Å²) in [5.74, 6) is 0. The molecule has 0 radical (unpaired) electrons. The minimum Gasteiger partial charge on any atom is -0.354 e. The second-order valence-corrected chi connectivity index (χ2v) is 4.07. The van der Waals surface area contributed by atoms with E-state index in [9.17, 15) is 0 Å². The van der Waals surface area contributed by atoms with Crippen LogP contribution in [-0.4, -0.2) is 32.6 Å². The highest BCUT2D eigenvalue weighted by Crippen LogP contribution is 2.08. The molecule has 0 aliphatic heterocycles. The third-order valence-electron chi connectivity index (χ3n) is 2.65. The smallest absolute Gasteiger partial charge is 0.171 e. The van der Waals surface area contributed by atoms with Crippen molar-refractivity contribution in [2.24, 2.45) is 0 Å². The molecule has 3 nitrogen and oxygen atoms in total. The zero-order chi connectivity index (χ0) is 11.7. The first-order chi connectivity index (χ1) is 7.19. The Morgan fingerprint density at radius 1 is 1.00 bits per heavy atom. The van der Waals surface area contributed by atoms with Crippen LogP contribution in [0.15, 0.2) is 0 Å². The van der Waals surface area contributed by atoms with Crippen LogP contribution < -0.4 is 5.32 Å². The van der Waals surface area contributed by atoms with Gasteiger partial charge in [0.1, 0.15) is 0 Å². The Morgan fingerprint density at radius 3 is 1.80 bits per heavy atom. The third-order valence-corrected chi connectivity index (χ3v) is 2.65. The van der Waals surface area contributed by atoms with Gasteiger partial charge < -0.3 is 14.8 Å². The average molecular weight is 217 g/mol. The summed E-state index contributed by atoms with van der Waals surface area (Å²) in [5.41, 5.74) is 0. The lowest BCUT2D eigenvalue weighted by atomic mass is 10.1. The molecule has 0 fully saturated rings. The molecule has 0 saturated carbocycles. The van der Waals surface area contributed by atoms with Crippen LogP contribution in [0.1, 0.15) is 46.5 Å². The number of nitrogens with one attached hydrogen (secondary N) is 1. The molecule has 0 aromatic heterocycles. The van der Waals surface area contributed by atoms with E-state index in [0.29, 0.717) is 6.04 Å². The lowest BCUT2D eigenvalue weighted by Gasteiger charge is -2.27. The van der Waals surface area contributed by atoms with E-state index in [4.69, 9.17) is 9.47 Å². The normalized spacial score (nSPS) is 13.8. The van der Waals surface area contributed by atoms with E-state index >= 15 is 0 Å². The van der Waals surface area contributed by atoms with Crippen LogP contribution in [0, 0.1) is 0 Å². The molecule has 0 bridgehead atoms. The molecule has 1 unspecified atom stereocenters. The number of rotatable bonds is 9. The monoisotopic (exact) mass is 217 g/mol. The van der Waals surface area contributed by atoms with E-state index in [0.717, 1.165) is 0 Å². The Balaban J connectivity index is 4.01. The van der Waals surface area contributed by atoms with Crippen molar-refractivity contribution in [2.75, 3.05) is 14.2 Å². The average Bonchev–Trinajstić information content (AvgIpc) is 2.20. The highest BCUT2D eigenvalue weighted by Gasteiger charge is 2.18. The predicted molar refractivity (Wildman–Crippen MR) is 64.0 cm³/mol. The van der Waals surface area contributed by atoms with Crippen LogP contribution in [0.5, 0.6) is 0 Å². The number of methoxy groups -OCH3 is 2. The van der Waals surface area contributed by atoms with Gasteiger partial charge in [0.2, 0.25) is 0 Å². The summed E-state index contributed by atoms with van der Waals surface area (Å²) in [5, 5.41) is 3.57. The molecule has 0 aromatic carbocycles. The first-order valence-electron chi connectivity index (χ1n) is 6.01. The third kappa shape index (κ3) is 6.13. The lowest BCUT2D eigenvalue weighted by molar-refractivity contribution is -0.121. The van der Waals surface area contributed by atoms with Crippen molar-refractivity contribution in [3.8, 4) is 0 Å². The van der Waals surface area contributed by atoms with Gasteiger partial charge in [-0.25, -0.2) is 0 Å². The minimum absolute atomic E-state index is 0.152. The molecular formula is C12H27NO2. The number of ether oxygens (including phenoxy) is 2. The van der Waals surface area contributed by atoms with E-state index in [-0.39, 0.29) is 12.3 Å². The lowest BCUT2D eigenvalue weighted by Crippen LogP contribution is -2.45. The van der Waals surface area contributed by atoms with E-state index < -0.39 is 0 Å². The van der Waals surface area contributed by atoms with Crippen molar-refractivity contribution in [1.29, 1.82) is 0 Å². The standard InChI is InChI=1S/C12H27NO2/c1-6-8-11(9-7-2)13-10(3)12(14-4)15-5/h10-13H,6-9H2,1-5H3. The fourth-order valence-electron chi connectivity index (χ4n) is 1.96. The van der Waals surface area contributed by atoms with Gasteiger partial charge in [-0.2, -0.15) is 0 Å². The SMILES string of the molecule is CCCC(CCC)NC(C)C(OC)OC. The van der Waals surface area contributed by atoms with Gasteiger partial charge in [0.25, 0.3) is 0 Å². The summed E-state index contributed by atoms with van der Waals surface area (Å²) < 4.78 is 10.5. The summed E-state index contributed by atoms with van der Waals surface area (Å²) >= 11 is 0. The van der Waals surface area contributed by atoms with Gasteiger partial charge in [0.05, 0.1) is 6.04 Å². The van der Waals surface area contributed by atoms with Gasteiger partial charge in [-0.15, -0.1) is 0 Å². The molecule has 3 heteroatoms. The van der Waals surface area contributed by atoms with Crippen LogP contribution in [0.3, 0.4) is 0 Å². The molecule has 0 saturated heterocycles. The van der Waals surface area contributed by atoms with E-state index in [2.05, 4.69) is 26.1 Å². The van der Waals surface area contributed by atoms with Crippen molar-refractivity contribution in [3.05, 3.63) is 0 Å². The van der Waals surface area contributed by atoms with Gasteiger partial charge in [-0.3, -0.25) is 0 Å². The van der Waals surface area contributed by atoms with Crippen LogP contribution in [0.4, 0.5) is 0 Å². The van der Waals surface area contributed by atoms with Crippen molar-refractivity contribution in [1.82, 2.24) is 5.32 Å². The maximum atomic E-state index is 5.23. The topological polar surface area (TPSA) is 30.5 Å². The maximum absolute atomic E-state index is 5.23. The summed E-state index contributed by atoms with van der Waals surface area (Å²) in [6, 6.07) is 0.825. The Kier molecular flexibility index (Phi) is 9.06. The quantitative estimate of drug-likeness (QED) is 0.602. The highest BCUT2D eigenvalue weighted by atomic mass is 16.7. The Bertz CT molecular complexity index is 132. The summed E-state index contributed by atoms with van der Waals surface area (Å²) in [4.78, 5) is 0. The molecule has 92 valence electrons. The van der Waals surface area contributed by atoms with E-state index in [1.54, 1.807) is 14.2 Å². The molecule has 0 amide bonds. The molecular weight excluding hydrogens is 190 g/mol. The van der Waals surface area contributed by atoms with Crippen molar-refractivity contribution in [3.63, 3.8) is 0 Å². The number of hydrogen-bond donors (Lipinski definition) is 1. The second-order valence-electron chi connectivity index (χ2n) is 4.07. The molecule has 1 atom stereocenters. The highest BCUT2D eigenvalue weighted by molar-refractivity contribution is 4.73. The van der Waals surface area contributed by atoms with Gasteiger partial charge in [-0.1, -0.05) is 26.7 Å². The zero-order valence-corrected chi connectivity index (χ0v) is 10.9. The molecule has 1 N–H and O–H groups in total. The fraction of sp³-hybridized carbons (Fsp3) is 1.00. The molecule has 0 heterocycles. The minimum atomic E-state index is -0.152. The van der Waals surface area contributed by atoms with Crippen LogP contribution in [-0.2, 0) is 9.47 Å². The van der Waals surface area contributed by atoms with Crippen molar-refractivity contribution in [2.45, 2.75) is 64.8 Å². The maximum Gasteiger partial charge on any atom is 0.171 e. The van der Waals surface area contributed by atoms with Crippen LogP contribution in [0.2, 0.25) is 0 Å². The first kappa shape index (κ1) is 14.9. The molecule has 0 aliphatic carbocycles. The van der Waals surface area contributed by atoms with Crippen LogP contribution >= 0.6 is 0 Å². The Labute approximate surface area is 94.5 Å². The second kappa shape index (κ2) is 9.13. The Morgan fingerprint density at radius 2 is 1.47 bits per heavy atom. The van der Waals surface area contributed by atoms with Crippen LogP contribution in [0.25, 0.3) is 0 Å². The Hall–Kier alpha value is -0.120. The van der Waals surface area contributed by atoms with Gasteiger partial charge in [-0.05, 0) is 19.8 Å². The molecule has 0 spiro atoms. The van der Waals surface area contributed by atoms with E-state index in [1.807, 2.05) is 0 Å². The van der Waals surface area contributed by atoms with Gasteiger partial charge in [0, 0.05) is 20.3 Å². The summed E-state index contributed by atoms with van der Waals surface area (Å²) in [6.07, 6.45) is 4.72. The molecule has 0 rings (SSSR count). The number of hydrogen-bond acceptors (Lipinski definition) is 3. The predicted octanol–water partition coefficient (Wildman–Crippen LogP) is 2.55. The molecule has 0 aliphatic rings. The molecule has 0 aromatic rings. The summed E-state index contributed by atoms with van der Waals surface area (Å²) in [6.45, 7) is 6.55. The fourth-order valence-corrected chi connectivity index (χ4v) is 1.96. The summed E-state index contributed by atoms with van der Waals surface area (Å²) in [7, 11) is 3.36. The first-order valence-corrected chi connectivity index (χ1v) is 6.01. The van der Waals surface area contributed by atoms with Crippen molar-refractivity contribution >= 4 is 0 Å². The largest absolute Gasteiger partial charge is 0.354 e. The zero-order valence-electron chi connectivity index (χ0n) is 10.9. The van der Waals surface area contributed by atoms with Gasteiger partial charge in [0.15, 0.2) is 6.29 Å². The van der Waals surface area contributed by atoms with Crippen molar-refractivity contribution < 1.29 is 9.47 Å². The van der Waals surface area contributed by atoms with Gasteiger partial charge >= 0.3 is 0 Å².